The van der Waals surface area contributed by atoms with E-state index in [0.717, 1.165) is 95.2 Å². The lowest BCUT2D eigenvalue weighted by atomic mass is 10.1. The number of thioether (sulfide) groups is 1. The fourth-order valence-electron chi connectivity index (χ4n) is 4.34. The minimum atomic E-state index is 0.745. The van der Waals surface area contributed by atoms with Crippen LogP contribution in [0.2, 0.25) is 0 Å². The number of hydrogen-bond acceptors (Lipinski definition) is 6. The topological polar surface area (TPSA) is 50.0 Å². The van der Waals surface area contributed by atoms with Gasteiger partial charge in [0.05, 0.1) is 41.9 Å². The van der Waals surface area contributed by atoms with Gasteiger partial charge in [-0.2, -0.15) is 0 Å². The number of thiazole rings is 1. The molecule has 0 radical (unpaired) electrons. The number of ether oxygens (including phenoxy) is 2. The third-order valence-corrected chi connectivity index (χ3v) is 8.33. The molecule has 0 saturated carbocycles. The van der Waals surface area contributed by atoms with E-state index in [1.807, 2.05) is 12.1 Å². The molecule has 0 N–H and O–H groups in total. The number of allylic oxidation sites excluding steroid dienone is 1. The number of morpholine rings is 2. The number of amidine groups is 1. The molecule has 0 spiro atoms. The maximum atomic E-state index is 5.57. The Morgan fingerprint density at radius 3 is 2.20 bits per heavy atom. The summed E-state index contributed by atoms with van der Waals surface area (Å²) in [5.41, 5.74) is 4.32. The van der Waals surface area contributed by atoms with Gasteiger partial charge in [0.25, 0.3) is 0 Å². The first-order valence-electron chi connectivity index (χ1n) is 12.0. The van der Waals surface area contributed by atoms with Gasteiger partial charge in [0.2, 0.25) is 0 Å². The molecule has 0 amide bonds. The van der Waals surface area contributed by atoms with Crippen molar-refractivity contribution >= 4 is 45.2 Å². The van der Waals surface area contributed by atoms with Crippen molar-refractivity contribution in [2.24, 2.45) is 4.99 Å². The Hall–Kier alpha value is -2.78. The Morgan fingerprint density at radius 2 is 1.49 bits per heavy atom. The molecule has 35 heavy (non-hydrogen) atoms. The summed E-state index contributed by atoms with van der Waals surface area (Å²) in [4.78, 5) is 14.9. The van der Waals surface area contributed by atoms with Crippen LogP contribution in [0.15, 0.2) is 70.6 Å². The zero-order valence-corrected chi connectivity index (χ0v) is 21.1. The molecule has 6 nitrogen and oxygen atoms in total. The summed E-state index contributed by atoms with van der Waals surface area (Å²) >= 11 is 3.51. The zero-order chi connectivity index (χ0) is 23.5. The lowest BCUT2D eigenvalue weighted by Gasteiger charge is -2.26. The van der Waals surface area contributed by atoms with Crippen molar-refractivity contribution in [2.75, 3.05) is 57.5 Å². The van der Waals surface area contributed by atoms with E-state index in [2.05, 4.69) is 64.1 Å². The van der Waals surface area contributed by atoms with Crippen LogP contribution in [0.5, 0.6) is 0 Å². The molecule has 2 fully saturated rings. The lowest BCUT2D eigenvalue weighted by molar-refractivity contribution is -0.547. The van der Waals surface area contributed by atoms with E-state index < -0.39 is 0 Å². The fraction of sp³-hybridized carbons (Fsp3) is 0.296. The predicted molar refractivity (Wildman–Crippen MR) is 145 cm³/mol. The first kappa shape index (κ1) is 22.7. The van der Waals surface area contributed by atoms with Gasteiger partial charge in [-0.05, 0) is 11.1 Å². The minimum absolute atomic E-state index is 0.745. The van der Waals surface area contributed by atoms with Gasteiger partial charge >= 0.3 is 5.17 Å². The summed E-state index contributed by atoms with van der Waals surface area (Å²) in [6.45, 7) is 6.47. The van der Waals surface area contributed by atoms with Crippen molar-refractivity contribution in [1.29, 1.82) is 0 Å². The highest BCUT2D eigenvalue weighted by Gasteiger charge is 2.33. The average molecular weight is 504 g/mol. The summed E-state index contributed by atoms with van der Waals surface area (Å²) < 4.78 is 13.5. The Bertz CT molecular complexity index is 1270. The van der Waals surface area contributed by atoms with E-state index in [4.69, 9.17) is 19.5 Å². The lowest BCUT2D eigenvalue weighted by Crippen LogP contribution is -2.36. The van der Waals surface area contributed by atoms with Gasteiger partial charge in [0, 0.05) is 36.0 Å². The van der Waals surface area contributed by atoms with Crippen molar-refractivity contribution < 1.29 is 14.0 Å². The fourth-order valence-corrected chi connectivity index (χ4v) is 6.58. The second kappa shape index (κ2) is 10.5. The monoisotopic (exact) mass is 503 g/mol. The number of nitrogens with zero attached hydrogens (tertiary/aromatic N) is 4. The van der Waals surface area contributed by atoms with Gasteiger partial charge in [-0.15, -0.1) is 0 Å². The molecule has 3 aromatic rings. The van der Waals surface area contributed by atoms with Gasteiger partial charge in [-0.25, -0.2) is 9.56 Å². The highest BCUT2D eigenvalue weighted by Crippen LogP contribution is 2.39. The molecule has 0 bridgehead atoms. The van der Waals surface area contributed by atoms with Crippen LogP contribution in [-0.2, 0) is 9.47 Å². The van der Waals surface area contributed by atoms with E-state index in [-0.39, 0.29) is 0 Å². The Balaban J connectivity index is 1.44. The van der Waals surface area contributed by atoms with Crippen LogP contribution < -0.4 is 4.90 Å². The summed E-state index contributed by atoms with van der Waals surface area (Å²) in [6, 6.07) is 21.0. The number of anilines is 1. The van der Waals surface area contributed by atoms with Crippen LogP contribution in [0.25, 0.3) is 17.3 Å². The first-order valence-corrected chi connectivity index (χ1v) is 13.6. The van der Waals surface area contributed by atoms with Crippen molar-refractivity contribution in [2.45, 2.75) is 0 Å². The first-order chi connectivity index (χ1) is 17.3. The Morgan fingerprint density at radius 1 is 0.829 bits per heavy atom. The van der Waals surface area contributed by atoms with E-state index in [1.165, 1.54) is 0 Å². The molecule has 6 rings (SSSR count). The van der Waals surface area contributed by atoms with Crippen molar-refractivity contribution in [3.63, 3.8) is 0 Å². The number of aromatic nitrogens is 1. The summed E-state index contributed by atoms with van der Waals surface area (Å²) in [5.74, 6) is 0. The molecule has 1 aromatic heterocycles. The van der Waals surface area contributed by atoms with E-state index >= 15 is 0 Å². The largest absolute Gasteiger partial charge is 0.378 e. The standard InChI is InChI=1S/C27H27N4O2S2/c1-3-7-20(8-4-1)24-22(34-26(28-24)30-11-15-32-16-12-30)19-23-25(21-9-5-2-6-10-21)29-27(35-23)31-13-17-33-18-14-31/h1-10,19H,11-18H2/q+1. The van der Waals surface area contributed by atoms with Gasteiger partial charge in [0.15, 0.2) is 10.8 Å². The second-order valence-corrected chi connectivity index (χ2v) is 10.5. The molecule has 4 heterocycles. The predicted octanol–water partition coefficient (Wildman–Crippen LogP) is 4.62. The van der Waals surface area contributed by atoms with Gasteiger partial charge in [-0.1, -0.05) is 72.0 Å². The maximum Gasteiger partial charge on any atom is 0.360 e. The highest BCUT2D eigenvalue weighted by molar-refractivity contribution is 8.18. The SMILES string of the molecule is C(=C1/SC(=[N+]2CCOCC2)N=C1c1ccccc1)/c1sc(N2CCOCC2)nc1-c1ccccc1. The van der Waals surface area contributed by atoms with Crippen molar-refractivity contribution in [1.82, 2.24) is 4.98 Å². The third-order valence-electron chi connectivity index (χ3n) is 6.20. The number of aliphatic imine (C=N–C) groups is 1. The van der Waals surface area contributed by atoms with Crippen LogP contribution in [0, 0.1) is 0 Å². The van der Waals surface area contributed by atoms with Crippen molar-refractivity contribution in [3.8, 4) is 11.3 Å². The summed E-state index contributed by atoms with van der Waals surface area (Å²) in [6.07, 6.45) is 2.29. The average Bonchev–Trinajstić information content (AvgIpc) is 3.56. The molecule has 2 aromatic carbocycles. The molecular weight excluding hydrogens is 476 g/mol. The van der Waals surface area contributed by atoms with Gasteiger partial charge < -0.3 is 14.4 Å². The third kappa shape index (κ3) is 4.97. The molecule has 3 aliphatic rings. The number of hydrogen-bond donors (Lipinski definition) is 0. The van der Waals surface area contributed by atoms with Gasteiger partial charge in [0.1, 0.15) is 13.1 Å². The van der Waals surface area contributed by atoms with E-state index in [0.29, 0.717) is 0 Å². The Labute approximate surface area is 213 Å². The van der Waals surface area contributed by atoms with Crippen LogP contribution in [0.3, 0.4) is 0 Å². The summed E-state index contributed by atoms with van der Waals surface area (Å²) in [5, 5.41) is 2.11. The minimum Gasteiger partial charge on any atom is -0.378 e. The number of rotatable bonds is 4. The quantitative estimate of drug-likeness (QED) is 0.486. The maximum absolute atomic E-state index is 5.57. The zero-order valence-electron chi connectivity index (χ0n) is 19.4. The van der Waals surface area contributed by atoms with Gasteiger partial charge in [-0.3, -0.25) is 0 Å². The molecule has 0 aliphatic carbocycles. The molecule has 3 aliphatic heterocycles. The number of benzene rings is 2. The Kier molecular flexibility index (Phi) is 6.77. The van der Waals surface area contributed by atoms with E-state index in [1.54, 1.807) is 23.1 Å². The molecule has 8 heteroatoms. The smallest absolute Gasteiger partial charge is 0.360 e. The highest BCUT2D eigenvalue weighted by atomic mass is 32.2. The van der Waals surface area contributed by atoms with Crippen LogP contribution in [0.4, 0.5) is 5.13 Å². The van der Waals surface area contributed by atoms with E-state index in [9.17, 15) is 0 Å². The summed E-state index contributed by atoms with van der Waals surface area (Å²) in [7, 11) is 0. The molecule has 0 atom stereocenters. The normalized spacial score (nSPS) is 19.9. The van der Waals surface area contributed by atoms with Crippen LogP contribution in [-0.4, -0.2) is 73.0 Å². The molecule has 2 saturated heterocycles. The second-order valence-electron chi connectivity index (χ2n) is 8.49. The molecular formula is C27H27N4O2S2+. The molecule has 0 unspecified atom stereocenters. The van der Waals surface area contributed by atoms with Crippen molar-refractivity contribution in [3.05, 3.63) is 76.0 Å². The van der Waals surface area contributed by atoms with Crippen LogP contribution >= 0.6 is 23.1 Å². The molecule has 178 valence electrons. The van der Waals surface area contributed by atoms with Crippen LogP contribution in [0.1, 0.15) is 10.4 Å².